The molecule has 0 unspecified atom stereocenters. The van der Waals surface area contributed by atoms with Crippen LogP contribution in [0.1, 0.15) is 10.4 Å². The molecule has 9 nitrogen and oxygen atoms in total. The van der Waals surface area contributed by atoms with E-state index in [1.54, 1.807) is 0 Å². The van der Waals surface area contributed by atoms with Crippen molar-refractivity contribution in [1.29, 1.82) is 0 Å². The second-order valence-electron chi connectivity index (χ2n) is 4.90. The van der Waals surface area contributed by atoms with Crippen molar-refractivity contribution in [1.82, 2.24) is 0 Å². The Morgan fingerprint density at radius 2 is 1.65 bits per heavy atom. The second-order valence-corrected chi connectivity index (χ2v) is 5.31. The third-order valence-corrected chi connectivity index (χ3v) is 3.51. The van der Waals surface area contributed by atoms with E-state index in [-0.39, 0.29) is 27.6 Å². The molecule has 0 aliphatic carbocycles. The Morgan fingerprint density at radius 1 is 1.04 bits per heavy atom. The van der Waals surface area contributed by atoms with E-state index >= 15 is 0 Å². The topological polar surface area (TPSA) is 128 Å². The van der Waals surface area contributed by atoms with Crippen LogP contribution in [-0.2, 0) is 14.3 Å². The quantitative estimate of drug-likeness (QED) is 0.365. The number of anilines is 2. The van der Waals surface area contributed by atoms with Crippen molar-refractivity contribution in [3.63, 3.8) is 0 Å². The van der Waals surface area contributed by atoms with Crippen molar-refractivity contribution in [2.45, 2.75) is 0 Å². The number of hydrogen-bond acceptors (Lipinski definition) is 6. The van der Waals surface area contributed by atoms with Gasteiger partial charge in [0, 0.05) is 17.8 Å². The molecule has 2 aromatic rings. The molecule has 0 bridgehead atoms. The van der Waals surface area contributed by atoms with Crippen LogP contribution in [0.25, 0.3) is 0 Å². The molecule has 26 heavy (non-hydrogen) atoms. The predicted molar refractivity (Wildman–Crippen MR) is 93.1 cm³/mol. The summed E-state index contributed by atoms with van der Waals surface area (Å²) >= 11 is 5.86. The number of hydrogen-bond donors (Lipinski definition) is 2. The Kier molecular flexibility index (Phi) is 5.86. The van der Waals surface area contributed by atoms with Crippen LogP contribution in [0.3, 0.4) is 0 Å². The number of non-ortho nitro benzene ring substituents is 1. The lowest BCUT2D eigenvalue weighted by atomic mass is 10.2. The lowest BCUT2D eigenvalue weighted by molar-refractivity contribution is -0.384. The van der Waals surface area contributed by atoms with Crippen molar-refractivity contribution in [3.8, 4) is 0 Å². The molecule has 0 aliphatic heterocycles. The SMILES string of the molecule is COC(=O)c1ccc(NC(=O)C(=O)Nc2cc([N+](=O)[O-])ccc2Cl)cc1. The standard InChI is InChI=1S/C16H12ClN3O6/c1-26-16(23)9-2-4-10(5-3-9)18-14(21)15(22)19-13-8-11(20(24)25)6-7-12(13)17/h2-8H,1H3,(H,18,21)(H,19,22). The van der Waals surface area contributed by atoms with E-state index in [2.05, 4.69) is 15.4 Å². The van der Waals surface area contributed by atoms with Gasteiger partial charge in [0.2, 0.25) is 0 Å². The van der Waals surface area contributed by atoms with Gasteiger partial charge in [0.25, 0.3) is 5.69 Å². The normalized spacial score (nSPS) is 9.92. The number of carbonyl (C=O) groups is 3. The number of nitrogens with one attached hydrogen (secondary N) is 2. The van der Waals surface area contributed by atoms with Crippen LogP contribution in [0.4, 0.5) is 17.1 Å². The minimum absolute atomic E-state index is 0.0409. The Bertz CT molecular complexity index is 882. The van der Waals surface area contributed by atoms with Gasteiger partial charge in [-0.15, -0.1) is 0 Å². The molecule has 0 atom stereocenters. The zero-order valence-corrected chi connectivity index (χ0v) is 14.1. The highest BCUT2D eigenvalue weighted by atomic mass is 35.5. The molecule has 10 heteroatoms. The number of amides is 2. The molecule has 0 saturated heterocycles. The summed E-state index contributed by atoms with van der Waals surface area (Å²) in [5.41, 5.74) is 0.187. The highest BCUT2D eigenvalue weighted by Gasteiger charge is 2.18. The summed E-state index contributed by atoms with van der Waals surface area (Å²) in [7, 11) is 1.24. The number of rotatable bonds is 4. The highest BCUT2D eigenvalue weighted by Crippen LogP contribution is 2.26. The lowest BCUT2D eigenvalue weighted by Crippen LogP contribution is -2.29. The minimum atomic E-state index is -1.07. The molecule has 0 saturated carbocycles. The number of nitro benzene ring substituents is 1. The Labute approximate surface area is 152 Å². The predicted octanol–water partition coefficient (Wildman–Crippen LogP) is 2.61. The average molecular weight is 378 g/mol. The molecule has 2 N–H and O–H groups in total. The molecule has 2 amide bonds. The van der Waals surface area contributed by atoms with E-state index in [1.165, 1.54) is 43.5 Å². The molecule has 0 heterocycles. The number of methoxy groups -OCH3 is 1. The Morgan fingerprint density at radius 3 is 2.23 bits per heavy atom. The van der Waals surface area contributed by atoms with Gasteiger partial charge in [0.15, 0.2) is 0 Å². The minimum Gasteiger partial charge on any atom is -0.465 e. The summed E-state index contributed by atoms with van der Waals surface area (Å²) in [5, 5.41) is 15.3. The summed E-state index contributed by atoms with van der Waals surface area (Å²) in [6.07, 6.45) is 0. The number of halogens is 1. The van der Waals surface area contributed by atoms with E-state index in [1.807, 2.05) is 0 Å². The largest absolute Gasteiger partial charge is 0.465 e. The van der Waals surface area contributed by atoms with E-state index in [9.17, 15) is 24.5 Å². The van der Waals surface area contributed by atoms with Crippen molar-refractivity contribution < 1.29 is 24.0 Å². The van der Waals surface area contributed by atoms with Crippen LogP contribution in [0.15, 0.2) is 42.5 Å². The van der Waals surface area contributed by atoms with Crippen LogP contribution in [0.5, 0.6) is 0 Å². The molecule has 0 fully saturated rings. The number of carbonyl (C=O) groups excluding carboxylic acids is 3. The van der Waals surface area contributed by atoms with Gasteiger partial charge in [0.05, 0.1) is 28.3 Å². The average Bonchev–Trinajstić information content (AvgIpc) is 2.63. The summed E-state index contributed by atoms with van der Waals surface area (Å²) in [5.74, 6) is -2.62. The summed E-state index contributed by atoms with van der Waals surface area (Å²) in [4.78, 5) is 45.3. The third-order valence-electron chi connectivity index (χ3n) is 3.18. The second kappa shape index (κ2) is 8.08. The van der Waals surface area contributed by atoms with E-state index in [0.29, 0.717) is 0 Å². The molecular weight excluding hydrogens is 366 g/mol. The molecule has 2 aromatic carbocycles. The first kappa shape index (κ1) is 18.9. The highest BCUT2D eigenvalue weighted by molar-refractivity contribution is 6.44. The summed E-state index contributed by atoms with van der Waals surface area (Å²) in [6, 6.07) is 9.10. The van der Waals surface area contributed by atoms with Crippen molar-refractivity contribution in [2.75, 3.05) is 17.7 Å². The smallest absolute Gasteiger partial charge is 0.337 e. The molecule has 0 spiro atoms. The van der Waals surface area contributed by atoms with Crippen molar-refractivity contribution in [2.24, 2.45) is 0 Å². The van der Waals surface area contributed by atoms with Gasteiger partial charge in [0.1, 0.15) is 0 Å². The fraction of sp³-hybridized carbons (Fsp3) is 0.0625. The fourth-order valence-electron chi connectivity index (χ4n) is 1.90. The van der Waals surface area contributed by atoms with Gasteiger partial charge >= 0.3 is 17.8 Å². The monoisotopic (exact) mass is 377 g/mol. The Hall–Kier alpha value is -3.46. The first-order chi connectivity index (χ1) is 12.3. The van der Waals surface area contributed by atoms with Gasteiger partial charge in [-0.3, -0.25) is 19.7 Å². The maximum atomic E-state index is 11.9. The molecule has 0 aromatic heterocycles. The van der Waals surface area contributed by atoms with Crippen LogP contribution in [0.2, 0.25) is 5.02 Å². The first-order valence-corrected chi connectivity index (χ1v) is 7.44. The maximum absolute atomic E-state index is 11.9. The summed E-state index contributed by atoms with van der Waals surface area (Å²) < 4.78 is 4.55. The van der Waals surface area contributed by atoms with E-state index in [4.69, 9.17) is 11.6 Å². The molecule has 134 valence electrons. The number of benzene rings is 2. The zero-order valence-electron chi connectivity index (χ0n) is 13.3. The summed E-state index contributed by atoms with van der Waals surface area (Å²) in [6.45, 7) is 0. The van der Waals surface area contributed by atoms with Gasteiger partial charge in [-0.05, 0) is 30.3 Å². The van der Waals surface area contributed by atoms with Crippen molar-refractivity contribution in [3.05, 3.63) is 63.2 Å². The first-order valence-electron chi connectivity index (χ1n) is 7.06. The van der Waals surface area contributed by atoms with Crippen LogP contribution in [-0.4, -0.2) is 29.8 Å². The zero-order chi connectivity index (χ0) is 19.3. The Balaban J connectivity index is 2.06. The van der Waals surface area contributed by atoms with Crippen LogP contribution < -0.4 is 10.6 Å². The van der Waals surface area contributed by atoms with Crippen molar-refractivity contribution >= 4 is 46.4 Å². The van der Waals surface area contributed by atoms with Crippen LogP contribution >= 0.6 is 11.6 Å². The van der Waals surface area contributed by atoms with E-state index < -0.39 is 22.7 Å². The van der Waals surface area contributed by atoms with Crippen LogP contribution in [0, 0.1) is 10.1 Å². The molecule has 0 aliphatic rings. The fourth-order valence-corrected chi connectivity index (χ4v) is 2.06. The number of ether oxygens (including phenoxy) is 1. The third kappa shape index (κ3) is 4.54. The van der Waals surface area contributed by atoms with Gasteiger partial charge in [-0.1, -0.05) is 11.6 Å². The lowest BCUT2D eigenvalue weighted by Gasteiger charge is -2.08. The maximum Gasteiger partial charge on any atom is 0.337 e. The number of nitrogens with zero attached hydrogens (tertiary/aromatic N) is 1. The van der Waals surface area contributed by atoms with Gasteiger partial charge < -0.3 is 15.4 Å². The number of esters is 1. The molecule has 0 radical (unpaired) electrons. The number of nitro groups is 1. The van der Waals surface area contributed by atoms with E-state index in [0.717, 1.165) is 6.07 Å². The van der Waals surface area contributed by atoms with Gasteiger partial charge in [-0.25, -0.2) is 4.79 Å². The molecule has 2 rings (SSSR count). The molecular formula is C16H12ClN3O6. The van der Waals surface area contributed by atoms with Gasteiger partial charge in [-0.2, -0.15) is 0 Å².